The molecule has 0 saturated carbocycles. The van der Waals surface area contributed by atoms with Crippen molar-refractivity contribution < 1.29 is 14.7 Å². The molecular weight excluding hydrogens is 237 g/mol. The van der Waals surface area contributed by atoms with E-state index >= 15 is 0 Å². The molecule has 4 nitrogen and oxygen atoms in total. The summed E-state index contributed by atoms with van der Waals surface area (Å²) >= 11 is 1.63. The molecule has 0 unspecified atom stereocenters. The van der Waals surface area contributed by atoms with Crippen molar-refractivity contribution in [1.29, 1.82) is 0 Å². The fraction of sp³-hybridized carbons (Fsp3) is 0.500. The van der Waals surface area contributed by atoms with Gasteiger partial charge in [-0.15, -0.1) is 0 Å². The lowest BCUT2D eigenvalue weighted by molar-refractivity contribution is -0.107. The number of hydrogen-bond acceptors (Lipinski definition) is 2. The van der Waals surface area contributed by atoms with E-state index in [2.05, 4.69) is 0 Å². The molecule has 0 aliphatic heterocycles. The normalized spacial score (nSPS) is 8.56. The zero-order valence-corrected chi connectivity index (χ0v) is 6.74. The lowest BCUT2D eigenvalue weighted by Gasteiger charge is -2.05. The molecule has 1 amide bonds. The Morgan fingerprint density at radius 2 is 2.33 bits per heavy atom. The molecule has 0 aromatic carbocycles. The fourth-order valence-electron chi connectivity index (χ4n) is 0.262. The first-order valence-electron chi connectivity index (χ1n) is 2.28. The van der Waals surface area contributed by atoms with E-state index in [0.717, 1.165) is 3.11 Å². The molecule has 0 aliphatic carbocycles. The van der Waals surface area contributed by atoms with Crippen LogP contribution in [0, 0.1) is 0 Å². The fourth-order valence-corrected chi connectivity index (χ4v) is 0.540. The van der Waals surface area contributed by atoms with Gasteiger partial charge in [-0.3, -0.25) is 0 Å². The molecule has 0 heterocycles. The quantitative estimate of drug-likeness (QED) is 0.455. The van der Waals surface area contributed by atoms with E-state index in [1.54, 1.807) is 22.9 Å². The van der Waals surface area contributed by atoms with Gasteiger partial charge in [-0.1, -0.05) is 0 Å². The Hall–Kier alpha value is -0.330. The van der Waals surface area contributed by atoms with Gasteiger partial charge in [0.15, 0.2) is 0 Å². The highest BCUT2D eigenvalue weighted by Gasteiger charge is 2.04. The van der Waals surface area contributed by atoms with Crippen molar-refractivity contribution in [2.45, 2.75) is 6.42 Å². The zero-order valence-electron chi connectivity index (χ0n) is 4.58. The van der Waals surface area contributed by atoms with Gasteiger partial charge in [0.2, 0.25) is 0 Å². The van der Waals surface area contributed by atoms with Gasteiger partial charge in [0.1, 0.15) is 6.29 Å². The van der Waals surface area contributed by atoms with E-state index < -0.39 is 6.09 Å². The highest BCUT2D eigenvalue weighted by atomic mass is 127. The van der Waals surface area contributed by atoms with E-state index in [1.807, 2.05) is 0 Å². The minimum Gasteiger partial charge on any atom is -0.464 e. The summed E-state index contributed by atoms with van der Waals surface area (Å²) in [5.41, 5.74) is 0. The minimum atomic E-state index is -1.02. The van der Waals surface area contributed by atoms with Crippen LogP contribution in [0.1, 0.15) is 6.42 Å². The van der Waals surface area contributed by atoms with Crippen LogP contribution in [0.3, 0.4) is 0 Å². The topological polar surface area (TPSA) is 57.6 Å². The van der Waals surface area contributed by atoms with Crippen molar-refractivity contribution in [2.75, 3.05) is 6.54 Å². The van der Waals surface area contributed by atoms with Gasteiger partial charge in [-0.05, 0) is 0 Å². The summed E-state index contributed by atoms with van der Waals surface area (Å²) in [6.45, 7) is 0.263. The van der Waals surface area contributed by atoms with Gasteiger partial charge >= 0.3 is 6.09 Å². The van der Waals surface area contributed by atoms with Crippen LogP contribution in [0.5, 0.6) is 0 Å². The molecule has 0 aromatic heterocycles. The van der Waals surface area contributed by atoms with Gasteiger partial charge in [-0.2, -0.15) is 0 Å². The third-order valence-corrected chi connectivity index (χ3v) is 1.55. The van der Waals surface area contributed by atoms with Crippen molar-refractivity contribution in [2.24, 2.45) is 0 Å². The zero-order chi connectivity index (χ0) is 7.28. The summed E-state index contributed by atoms with van der Waals surface area (Å²) in [6.07, 6.45) is -0.0680. The number of carbonyl (C=O) groups excluding carboxylic acids is 1. The highest BCUT2D eigenvalue weighted by Crippen LogP contribution is 1.98. The SMILES string of the molecule is O=CCCN(I)C(=O)O. The van der Waals surface area contributed by atoms with Crippen LogP contribution in [0.2, 0.25) is 0 Å². The molecule has 0 radical (unpaired) electrons. The second kappa shape index (κ2) is 4.54. The maximum Gasteiger partial charge on any atom is 0.416 e. The van der Waals surface area contributed by atoms with E-state index in [-0.39, 0.29) is 13.0 Å². The molecule has 0 saturated heterocycles. The summed E-state index contributed by atoms with van der Waals surface area (Å²) < 4.78 is 1.03. The Morgan fingerprint density at radius 3 is 2.67 bits per heavy atom. The summed E-state index contributed by atoms with van der Waals surface area (Å²) in [6, 6.07) is 0. The van der Waals surface area contributed by atoms with E-state index in [9.17, 15) is 9.59 Å². The van der Waals surface area contributed by atoms with Crippen molar-refractivity contribution in [3.05, 3.63) is 0 Å². The van der Waals surface area contributed by atoms with Crippen LogP contribution in [-0.4, -0.2) is 27.1 Å². The van der Waals surface area contributed by atoms with Crippen molar-refractivity contribution in [3.8, 4) is 0 Å². The van der Waals surface area contributed by atoms with Crippen molar-refractivity contribution >= 4 is 35.2 Å². The van der Waals surface area contributed by atoms with Crippen LogP contribution in [-0.2, 0) is 4.79 Å². The second-order valence-corrected chi connectivity index (χ2v) is 2.49. The number of halogens is 1. The van der Waals surface area contributed by atoms with E-state index in [1.165, 1.54) is 0 Å². The first-order chi connectivity index (χ1) is 4.18. The molecule has 0 bridgehead atoms. The summed E-state index contributed by atoms with van der Waals surface area (Å²) in [7, 11) is 0. The minimum absolute atomic E-state index is 0.259. The third kappa shape index (κ3) is 4.19. The molecule has 5 heteroatoms. The Morgan fingerprint density at radius 1 is 1.78 bits per heavy atom. The first kappa shape index (κ1) is 8.67. The third-order valence-electron chi connectivity index (χ3n) is 0.651. The average Bonchev–Trinajstić information content (AvgIpc) is 1.82. The number of carbonyl (C=O) groups is 2. The average molecular weight is 243 g/mol. The largest absolute Gasteiger partial charge is 0.464 e. The van der Waals surface area contributed by atoms with Gasteiger partial charge < -0.3 is 9.90 Å². The van der Waals surface area contributed by atoms with Gasteiger partial charge in [0, 0.05) is 13.0 Å². The van der Waals surface area contributed by atoms with E-state index in [0.29, 0.717) is 6.29 Å². The Bertz CT molecular complexity index is 116. The molecule has 0 spiro atoms. The number of hydrogen-bond donors (Lipinski definition) is 1. The number of carboxylic acid groups (broad SMARTS) is 1. The molecule has 52 valence electrons. The molecule has 0 atom stereocenters. The first-order valence-corrected chi connectivity index (χ1v) is 3.25. The molecule has 0 aromatic rings. The molecule has 9 heavy (non-hydrogen) atoms. The number of rotatable bonds is 3. The van der Waals surface area contributed by atoms with Gasteiger partial charge in [0.25, 0.3) is 0 Å². The standard InChI is InChI=1S/C4H6INO3/c5-6(4(8)9)2-1-3-7/h3H,1-2H2,(H,8,9). The Kier molecular flexibility index (Phi) is 4.37. The number of nitrogens with zero attached hydrogens (tertiary/aromatic N) is 1. The maximum atomic E-state index is 10.0. The second-order valence-electron chi connectivity index (χ2n) is 1.32. The van der Waals surface area contributed by atoms with Crippen molar-refractivity contribution in [3.63, 3.8) is 0 Å². The monoisotopic (exact) mass is 243 g/mol. The predicted octanol–water partition coefficient (Wildman–Crippen LogP) is 0.905. The lowest BCUT2D eigenvalue weighted by Crippen LogP contribution is -2.19. The van der Waals surface area contributed by atoms with Gasteiger partial charge in [0.05, 0.1) is 22.9 Å². The summed E-state index contributed by atoms with van der Waals surface area (Å²) in [5, 5.41) is 8.21. The molecule has 0 aliphatic rings. The van der Waals surface area contributed by atoms with E-state index in [4.69, 9.17) is 5.11 Å². The number of amides is 1. The summed E-state index contributed by atoms with van der Waals surface area (Å²) in [5.74, 6) is 0. The molecule has 1 N–H and O–H groups in total. The molecule has 0 rings (SSSR count). The van der Waals surface area contributed by atoms with Crippen LogP contribution < -0.4 is 0 Å². The molecule has 0 fully saturated rings. The van der Waals surface area contributed by atoms with Crippen LogP contribution in [0.25, 0.3) is 0 Å². The van der Waals surface area contributed by atoms with Crippen LogP contribution in [0.15, 0.2) is 0 Å². The van der Waals surface area contributed by atoms with Crippen molar-refractivity contribution in [1.82, 2.24) is 3.11 Å². The van der Waals surface area contributed by atoms with Gasteiger partial charge in [-0.25, -0.2) is 7.91 Å². The number of aldehydes is 1. The van der Waals surface area contributed by atoms with Crippen LogP contribution >= 0.6 is 22.9 Å². The highest BCUT2D eigenvalue weighted by molar-refractivity contribution is 14.1. The predicted molar refractivity (Wildman–Crippen MR) is 39.4 cm³/mol. The Balaban J connectivity index is 3.37. The maximum absolute atomic E-state index is 10.0. The Labute approximate surface area is 66.3 Å². The smallest absolute Gasteiger partial charge is 0.416 e. The summed E-state index contributed by atoms with van der Waals surface area (Å²) in [4.78, 5) is 19.7. The lowest BCUT2D eigenvalue weighted by atomic mass is 10.5. The molecular formula is C4H6INO3. The van der Waals surface area contributed by atoms with Crippen LogP contribution in [0.4, 0.5) is 4.79 Å².